The highest BCUT2D eigenvalue weighted by molar-refractivity contribution is 5.24. The predicted octanol–water partition coefficient (Wildman–Crippen LogP) is 5.35. The molecule has 0 bridgehead atoms. The van der Waals surface area contributed by atoms with Crippen LogP contribution >= 0.6 is 0 Å². The molecule has 0 aliphatic heterocycles. The third-order valence-electron chi connectivity index (χ3n) is 9.26. The van der Waals surface area contributed by atoms with Gasteiger partial charge in [-0.05, 0) is 106 Å². The van der Waals surface area contributed by atoms with Gasteiger partial charge >= 0.3 is 0 Å². The molecule has 0 aromatic rings. The summed E-state index contributed by atoms with van der Waals surface area (Å²) in [6.45, 7) is 7.79. The number of rotatable bonds is 2. The molecule has 4 fully saturated rings. The van der Waals surface area contributed by atoms with Crippen molar-refractivity contribution in [2.45, 2.75) is 84.2 Å². The van der Waals surface area contributed by atoms with Crippen LogP contribution in [0, 0.1) is 34.5 Å². The van der Waals surface area contributed by atoms with Crippen molar-refractivity contribution in [3.8, 4) is 0 Å². The highest BCUT2D eigenvalue weighted by Crippen LogP contribution is 2.68. The fourth-order valence-electron chi connectivity index (χ4n) is 8.11. The Balaban J connectivity index is 1.66. The van der Waals surface area contributed by atoms with Crippen molar-refractivity contribution in [1.29, 1.82) is 0 Å². The lowest BCUT2D eigenvalue weighted by atomic mass is 9.44. The van der Waals surface area contributed by atoms with Crippen LogP contribution in [0.3, 0.4) is 0 Å². The number of allylic oxidation sites excluding steroid dienone is 2. The molecule has 0 aromatic carbocycles. The molecule has 0 spiro atoms. The second kappa shape index (κ2) is 6.09. The maximum Gasteiger partial charge on any atom is 0.0622 e. The Morgan fingerprint density at radius 2 is 1.88 bits per heavy atom. The van der Waals surface area contributed by atoms with Crippen molar-refractivity contribution >= 4 is 0 Å². The number of hydrogen-bond donors (Lipinski definition) is 1. The predicted molar refractivity (Wildman–Crippen MR) is 102 cm³/mol. The van der Waals surface area contributed by atoms with Gasteiger partial charge in [0.2, 0.25) is 0 Å². The summed E-state index contributed by atoms with van der Waals surface area (Å²) in [4.78, 5) is 0. The second-order valence-electron chi connectivity index (χ2n) is 10.3. The van der Waals surface area contributed by atoms with Gasteiger partial charge in [0.15, 0.2) is 0 Å². The third kappa shape index (κ3) is 2.57. The maximum absolute atomic E-state index is 10.7. The normalized spacial score (nSPS) is 54.0. The molecule has 0 heterocycles. The molecule has 7 atom stereocenters. The molecule has 25 heavy (non-hydrogen) atoms. The first-order valence-electron chi connectivity index (χ1n) is 10.7. The number of hydrogen-bond acceptors (Lipinski definition) is 2. The molecule has 0 radical (unpaired) electrons. The Kier molecular flexibility index (Phi) is 4.40. The van der Waals surface area contributed by atoms with E-state index in [9.17, 15) is 5.11 Å². The average molecular weight is 347 g/mol. The molecule has 0 aromatic heterocycles. The molecule has 142 valence electrons. The summed E-state index contributed by atoms with van der Waals surface area (Å²) in [5.74, 6) is 3.24. The van der Waals surface area contributed by atoms with E-state index in [4.69, 9.17) is 4.74 Å². The lowest BCUT2D eigenvalue weighted by molar-refractivity contribution is -0.169. The largest absolute Gasteiger partial charge is 0.390 e. The van der Waals surface area contributed by atoms with Crippen LogP contribution in [0.5, 0.6) is 0 Å². The zero-order valence-electron chi connectivity index (χ0n) is 16.8. The lowest BCUT2D eigenvalue weighted by Gasteiger charge is -2.62. The van der Waals surface area contributed by atoms with E-state index in [1.165, 1.54) is 44.9 Å². The van der Waals surface area contributed by atoms with E-state index in [1.807, 2.05) is 7.11 Å². The van der Waals surface area contributed by atoms with Crippen LogP contribution in [0.2, 0.25) is 0 Å². The van der Waals surface area contributed by atoms with Crippen molar-refractivity contribution in [2.24, 2.45) is 34.5 Å². The van der Waals surface area contributed by atoms with Gasteiger partial charge in [0.25, 0.3) is 0 Å². The van der Waals surface area contributed by atoms with Crippen molar-refractivity contribution in [1.82, 2.24) is 0 Å². The molecule has 4 aliphatic rings. The summed E-state index contributed by atoms with van der Waals surface area (Å²) in [6.07, 6.45) is 13.7. The molecule has 4 saturated carbocycles. The van der Waals surface area contributed by atoms with Crippen LogP contribution in [0.4, 0.5) is 0 Å². The molecule has 4 rings (SSSR count). The molecular formula is C23H38O2. The van der Waals surface area contributed by atoms with Gasteiger partial charge in [0, 0.05) is 7.11 Å². The SMILES string of the molecule is C/C=C1/CC[C@H]2[C@@H]3CC[C@H]4C[C@](C)(O)CC[C@]4(COC)[C@H]3CC[C@]12C. The quantitative estimate of drug-likeness (QED) is 0.683. The summed E-state index contributed by atoms with van der Waals surface area (Å²) in [5.41, 5.74) is 2.09. The Morgan fingerprint density at radius 3 is 2.60 bits per heavy atom. The standard InChI is InChI=1S/C23H38O2/c1-5-16-7-9-19-18-8-6-17-14-21(2,24)12-13-23(17,15-25-4)20(18)10-11-22(16,19)3/h5,17-20,24H,6-15H2,1-4H3/b16-5-/t17-,18-,19-,20-,21+,22+,23+/m0/s1. The fraction of sp³-hybridized carbons (Fsp3) is 0.913. The maximum atomic E-state index is 10.7. The number of methoxy groups -OCH3 is 1. The van der Waals surface area contributed by atoms with E-state index < -0.39 is 5.60 Å². The highest BCUT2D eigenvalue weighted by Gasteiger charge is 2.61. The Labute approximate surface area is 154 Å². The number of ether oxygens (including phenoxy) is 1. The minimum Gasteiger partial charge on any atom is -0.390 e. The zero-order valence-corrected chi connectivity index (χ0v) is 16.8. The van der Waals surface area contributed by atoms with Gasteiger partial charge in [0.05, 0.1) is 12.2 Å². The summed E-state index contributed by atoms with van der Waals surface area (Å²) >= 11 is 0. The highest BCUT2D eigenvalue weighted by atomic mass is 16.5. The van der Waals surface area contributed by atoms with Gasteiger partial charge in [-0.1, -0.05) is 18.6 Å². The minimum atomic E-state index is -0.455. The second-order valence-corrected chi connectivity index (χ2v) is 10.3. The van der Waals surface area contributed by atoms with Crippen molar-refractivity contribution in [2.75, 3.05) is 13.7 Å². The average Bonchev–Trinajstić information content (AvgIpc) is 2.91. The first-order chi connectivity index (χ1) is 11.9. The summed E-state index contributed by atoms with van der Waals surface area (Å²) < 4.78 is 5.84. The summed E-state index contributed by atoms with van der Waals surface area (Å²) in [5, 5.41) is 10.7. The molecule has 2 heteroatoms. The fourth-order valence-corrected chi connectivity index (χ4v) is 8.11. The number of aliphatic hydroxyl groups is 1. The van der Waals surface area contributed by atoms with E-state index in [2.05, 4.69) is 26.8 Å². The van der Waals surface area contributed by atoms with Crippen LogP contribution < -0.4 is 0 Å². The van der Waals surface area contributed by atoms with Crippen LogP contribution in [0.25, 0.3) is 0 Å². The molecule has 0 amide bonds. The van der Waals surface area contributed by atoms with Gasteiger partial charge < -0.3 is 9.84 Å². The van der Waals surface area contributed by atoms with Crippen LogP contribution in [0.1, 0.15) is 78.6 Å². The Hall–Kier alpha value is -0.340. The number of fused-ring (bicyclic) bond motifs is 5. The summed E-state index contributed by atoms with van der Waals surface area (Å²) in [6, 6.07) is 0. The first kappa shape index (κ1) is 18.0. The topological polar surface area (TPSA) is 29.5 Å². The van der Waals surface area contributed by atoms with Gasteiger partial charge in [-0.15, -0.1) is 0 Å². The van der Waals surface area contributed by atoms with E-state index in [0.29, 0.717) is 16.7 Å². The monoisotopic (exact) mass is 346 g/mol. The van der Waals surface area contributed by atoms with Crippen molar-refractivity contribution in [3.63, 3.8) is 0 Å². The molecule has 2 nitrogen and oxygen atoms in total. The van der Waals surface area contributed by atoms with E-state index in [1.54, 1.807) is 5.57 Å². The van der Waals surface area contributed by atoms with Crippen LogP contribution in [-0.2, 0) is 4.74 Å². The van der Waals surface area contributed by atoms with Gasteiger partial charge in [-0.25, -0.2) is 0 Å². The summed E-state index contributed by atoms with van der Waals surface area (Å²) in [7, 11) is 1.89. The van der Waals surface area contributed by atoms with E-state index >= 15 is 0 Å². The van der Waals surface area contributed by atoms with Gasteiger partial charge in [-0.3, -0.25) is 0 Å². The lowest BCUT2D eigenvalue weighted by Crippen LogP contribution is -2.58. The van der Waals surface area contributed by atoms with Crippen molar-refractivity contribution < 1.29 is 9.84 Å². The molecule has 0 unspecified atom stereocenters. The smallest absolute Gasteiger partial charge is 0.0622 e. The van der Waals surface area contributed by atoms with Crippen LogP contribution in [-0.4, -0.2) is 24.4 Å². The molecule has 0 saturated heterocycles. The first-order valence-corrected chi connectivity index (χ1v) is 10.7. The minimum absolute atomic E-state index is 0.333. The van der Waals surface area contributed by atoms with E-state index in [0.717, 1.165) is 37.2 Å². The van der Waals surface area contributed by atoms with Gasteiger partial charge in [0.1, 0.15) is 0 Å². The van der Waals surface area contributed by atoms with E-state index in [-0.39, 0.29) is 0 Å². The molecule has 1 N–H and O–H groups in total. The zero-order chi connectivity index (χ0) is 17.9. The Morgan fingerprint density at radius 1 is 1.08 bits per heavy atom. The Bertz CT molecular complexity index is 550. The van der Waals surface area contributed by atoms with Crippen molar-refractivity contribution in [3.05, 3.63) is 11.6 Å². The third-order valence-corrected chi connectivity index (χ3v) is 9.26. The van der Waals surface area contributed by atoms with Crippen LogP contribution in [0.15, 0.2) is 11.6 Å². The molecule has 4 aliphatic carbocycles. The van der Waals surface area contributed by atoms with Gasteiger partial charge in [-0.2, -0.15) is 0 Å². The molecular weight excluding hydrogens is 308 g/mol.